The van der Waals surface area contributed by atoms with E-state index in [1.165, 1.54) is 12.0 Å². The molecule has 0 bridgehead atoms. The Morgan fingerprint density at radius 2 is 1.80 bits per heavy atom. The minimum absolute atomic E-state index is 0.130. The molecule has 0 unspecified atom stereocenters. The number of anilines is 2. The van der Waals surface area contributed by atoms with Crippen molar-refractivity contribution < 1.29 is 28.5 Å². The molecule has 3 rings (SSSR count). The normalized spacial score (nSPS) is 13.9. The first-order valence-corrected chi connectivity index (χ1v) is 11.6. The molecule has 9 heteroatoms. The molecule has 1 amide bonds. The zero-order valence-electron chi connectivity index (χ0n) is 21.6. The van der Waals surface area contributed by atoms with E-state index in [1.54, 1.807) is 25.4 Å². The number of methoxy groups -OCH3 is 2. The molecule has 1 fully saturated rings. The molecule has 0 radical (unpaired) electrons. The number of carbonyl (C=O) groups is 2. The number of carbonyl (C=O) groups excluding carboxylic acids is 2. The van der Waals surface area contributed by atoms with Gasteiger partial charge in [-0.15, -0.1) is 0 Å². The third kappa shape index (κ3) is 6.42. The highest BCUT2D eigenvalue weighted by Crippen LogP contribution is 2.31. The molecular weight excluding hydrogens is 450 g/mol. The second-order valence-electron chi connectivity index (χ2n) is 9.44. The third-order valence-electron chi connectivity index (χ3n) is 5.68. The van der Waals surface area contributed by atoms with Crippen LogP contribution in [0.3, 0.4) is 0 Å². The first-order valence-electron chi connectivity index (χ1n) is 11.6. The van der Waals surface area contributed by atoms with Crippen molar-refractivity contribution in [3.63, 3.8) is 0 Å². The van der Waals surface area contributed by atoms with Gasteiger partial charge in [-0.3, -0.25) is 9.88 Å². The maximum atomic E-state index is 13.4. The molecule has 190 valence electrons. The van der Waals surface area contributed by atoms with Crippen LogP contribution in [0.1, 0.15) is 48.0 Å². The molecule has 1 saturated heterocycles. The van der Waals surface area contributed by atoms with Crippen molar-refractivity contribution in [2.45, 2.75) is 46.8 Å². The number of aromatic nitrogens is 1. The number of morpholine rings is 1. The maximum absolute atomic E-state index is 13.4. The topological polar surface area (TPSA) is 90.4 Å². The Labute approximate surface area is 206 Å². The summed E-state index contributed by atoms with van der Waals surface area (Å²) in [6, 6.07) is 5.29. The molecule has 0 N–H and O–H groups in total. The average Bonchev–Trinajstić information content (AvgIpc) is 2.82. The predicted octanol–water partition coefficient (Wildman–Crippen LogP) is 4.27. The molecule has 0 atom stereocenters. The minimum atomic E-state index is -0.713. The highest BCUT2D eigenvalue weighted by molar-refractivity contribution is 5.95. The minimum Gasteiger partial charge on any atom is -0.496 e. The summed E-state index contributed by atoms with van der Waals surface area (Å²) in [5.41, 5.74) is 3.32. The average molecular weight is 486 g/mol. The fourth-order valence-corrected chi connectivity index (χ4v) is 3.95. The molecule has 35 heavy (non-hydrogen) atoms. The van der Waals surface area contributed by atoms with Crippen LogP contribution in [0.15, 0.2) is 24.4 Å². The van der Waals surface area contributed by atoms with Gasteiger partial charge in [0, 0.05) is 36.1 Å². The van der Waals surface area contributed by atoms with Gasteiger partial charge in [-0.25, -0.2) is 9.59 Å². The van der Waals surface area contributed by atoms with Crippen LogP contribution in [0.4, 0.5) is 16.2 Å². The van der Waals surface area contributed by atoms with Crippen molar-refractivity contribution in [3.05, 3.63) is 46.8 Å². The Hall–Kier alpha value is -3.33. The molecule has 1 aromatic heterocycles. The van der Waals surface area contributed by atoms with Gasteiger partial charge in [-0.05, 0) is 52.8 Å². The van der Waals surface area contributed by atoms with E-state index in [-0.39, 0.29) is 6.54 Å². The van der Waals surface area contributed by atoms with Crippen molar-refractivity contribution in [1.29, 1.82) is 0 Å². The summed E-state index contributed by atoms with van der Waals surface area (Å²) in [6.45, 7) is 11.9. The summed E-state index contributed by atoms with van der Waals surface area (Å²) in [6.07, 6.45) is 1.17. The largest absolute Gasteiger partial charge is 0.496 e. The van der Waals surface area contributed by atoms with Crippen LogP contribution in [0.2, 0.25) is 0 Å². The number of esters is 1. The number of ether oxygens (including phenoxy) is 4. The second-order valence-corrected chi connectivity index (χ2v) is 9.44. The van der Waals surface area contributed by atoms with Crippen LogP contribution >= 0.6 is 0 Å². The number of rotatable bonds is 6. The molecule has 0 spiro atoms. The van der Waals surface area contributed by atoms with Gasteiger partial charge in [0.1, 0.15) is 11.4 Å². The highest BCUT2D eigenvalue weighted by Gasteiger charge is 2.27. The molecule has 1 aromatic carbocycles. The smallest absolute Gasteiger partial charge is 0.415 e. The van der Waals surface area contributed by atoms with Gasteiger partial charge >= 0.3 is 12.1 Å². The lowest BCUT2D eigenvalue weighted by Gasteiger charge is -2.32. The van der Waals surface area contributed by atoms with Gasteiger partial charge < -0.3 is 23.8 Å². The van der Waals surface area contributed by atoms with Crippen molar-refractivity contribution in [1.82, 2.24) is 4.98 Å². The Morgan fingerprint density at radius 1 is 1.11 bits per heavy atom. The second kappa shape index (κ2) is 10.9. The lowest BCUT2D eigenvalue weighted by molar-refractivity contribution is 0.0570. The molecule has 1 aliphatic heterocycles. The number of aryl methyl sites for hydroxylation is 1. The zero-order valence-corrected chi connectivity index (χ0v) is 21.6. The fraction of sp³-hybridized carbons (Fsp3) is 0.500. The van der Waals surface area contributed by atoms with Gasteiger partial charge in [-0.2, -0.15) is 0 Å². The van der Waals surface area contributed by atoms with Crippen LogP contribution in [0.5, 0.6) is 5.75 Å². The fourth-order valence-electron chi connectivity index (χ4n) is 3.95. The van der Waals surface area contributed by atoms with Gasteiger partial charge in [0.15, 0.2) is 0 Å². The maximum Gasteiger partial charge on any atom is 0.415 e. The molecule has 9 nitrogen and oxygen atoms in total. The van der Waals surface area contributed by atoms with Gasteiger partial charge in [0.2, 0.25) is 0 Å². The van der Waals surface area contributed by atoms with Crippen LogP contribution in [-0.2, 0) is 20.8 Å². The lowest BCUT2D eigenvalue weighted by Crippen LogP contribution is -2.38. The van der Waals surface area contributed by atoms with E-state index >= 15 is 0 Å². The van der Waals surface area contributed by atoms with E-state index in [0.29, 0.717) is 43.2 Å². The Morgan fingerprint density at radius 3 is 2.40 bits per heavy atom. The number of pyridine rings is 1. The number of nitrogens with zero attached hydrogens (tertiary/aromatic N) is 3. The van der Waals surface area contributed by atoms with Crippen molar-refractivity contribution in [2.75, 3.05) is 50.3 Å². The van der Waals surface area contributed by atoms with Crippen LogP contribution in [0.25, 0.3) is 0 Å². The van der Waals surface area contributed by atoms with Crippen LogP contribution < -0.4 is 14.5 Å². The number of hydrogen-bond acceptors (Lipinski definition) is 8. The van der Waals surface area contributed by atoms with Crippen LogP contribution in [-0.4, -0.2) is 63.2 Å². The highest BCUT2D eigenvalue weighted by atomic mass is 16.6. The van der Waals surface area contributed by atoms with Crippen molar-refractivity contribution >= 4 is 23.4 Å². The molecule has 0 aliphatic carbocycles. The lowest BCUT2D eigenvalue weighted by atomic mass is 10.1. The third-order valence-corrected chi connectivity index (χ3v) is 5.68. The zero-order chi connectivity index (χ0) is 25.8. The number of benzene rings is 1. The molecule has 0 saturated carbocycles. The summed E-state index contributed by atoms with van der Waals surface area (Å²) in [5.74, 6) is 0.230. The van der Waals surface area contributed by atoms with Crippen LogP contribution in [0, 0.1) is 13.8 Å². The summed E-state index contributed by atoms with van der Waals surface area (Å²) >= 11 is 0. The predicted molar refractivity (Wildman–Crippen MR) is 133 cm³/mol. The summed E-state index contributed by atoms with van der Waals surface area (Å²) < 4.78 is 21.8. The monoisotopic (exact) mass is 485 g/mol. The summed E-state index contributed by atoms with van der Waals surface area (Å²) in [4.78, 5) is 34.1. The molecule has 1 aliphatic rings. The SMILES string of the molecule is COC(=O)c1cc(N2CCOCC2)cc(N(Cc2ncc(C)c(OC)c2C)C(=O)OC(C)(C)C)c1. The van der Waals surface area contributed by atoms with Crippen molar-refractivity contribution in [2.24, 2.45) is 0 Å². The molecule has 2 heterocycles. The quantitative estimate of drug-likeness (QED) is 0.561. The first-order chi connectivity index (χ1) is 16.5. The van der Waals surface area contributed by atoms with Gasteiger partial charge in [-0.1, -0.05) is 0 Å². The first kappa shape index (κ1) is 26.3. The molecular formula is C26H35N3O6. The van der Waals surface area contributed by atoms with E-state index in [0.717, 1.165) is 22.6 Å². The van der Waals surface area contributed by atoms with E-state index in [4.69, 9.17) is 18.9 Å². The van der Waals surface area contributed by atoms with Gasteiger partial charge in [0.25, 0.3) is 0 Å². The summed E-state index contributed by atoms with van der Waals surface area (Å²) in [7, 11) is 2.94. The van der Waals surface area contributed by atoms with E-state index in [2.05, 4.69) is 9.88 Å². The number of amides is 1. The Kier molecular flexibility index (Phi) is 8.22. The standard InChI is InChI=1S/C26H35N3O6/c1-17-15-27-22(18(2)23(17)32-6)16-29(25(31)35-26(3,4)5)21-13-19(24(30)33-7)12-20(14-21)28-8-10-34-11-9-28/h12-15H,8-11,16H2,1-7H3. The Balaban J connectivity index is 2.11. The van der Waals surface area contributed by atoms with E-state index in [9.17, 15) is 9.59 Å². The van der Waals surface area contributed by atoms with E-state index < -0.39 is 17.7 Å². The molecule has 2 aromatic rings. The summed E-state index contributed by atoms with van der Waals surface area (Å²) in [5, 5.41) is 0. The Bertz CT molecular complexity index is 1070. The van der Waals surface area contributed by atoms with E-state index in [1.807, 2.05) is 40.7 Å². The van der Waals surface area contributed by atoms with Crippen molar-refractivity contribution in [3.8, 4) is 5.75 Å². The number of hydrogen-bond donors (Lipinski definition) is 0. The van der Waals surface area contributed by atoms with Gasteiger partial charge in [0.05, 0.1) is 50.9 Å².